The summed E-state index contributed by atoms with van der Waals surface area (Å²) in [6, 6.07) is 6.14. The molecular formula is C13H15N5OS2. The first-order valence-corrected chi connectivity index (χ1v) is 8.51. The Morgan fingerprint density at radius 2 is 2.33 bits per heavy atom. The van der Waals surface area contributed by atoms with Gasteiger partial charge in [-0.25, -0.2) is 9.67 Å². The Balaban J connectivity index is 1.69. The molecule has 21 heavy (non-hydrogen) atoms. The van der Waals surface area contributed by atoms with Crippen LogP contribution < -0.4 is 5.32 Å². The van der Waals surface area contributed by atoms with Crippen LogP contribution in [-0.2, 0) is 13.1 Å². The topological polar surface area (TPSA) is 75.9 Å². The van der Waals surface area contributed by atoms with Crippen molar-refractivity contribution in [1.29, 1.82) is 0 Å². The van der Waals surface area contributed by atoms with E-state index in [4.69, 9.17) is 5.11 Å². The van der Waals surface area contributed by atoms with Gasteiger partial charge in [0.25, 0.3) is 0 Å². The van der Waals surface area contributed by atoms with Crippen LogP contribution in [-0.4, -0.2) is 37.9 Å². The molecule has 0 aliphatic carbocycles. The fourth-order valence-electron chi connectivity index (χ4n) is 1.92. The number of hydrogen-bond donors (Lipinski definition) is 2. The highest BCUT2D eigenvalue weighted by Crippen LogP contribution is 2.29. The van der Waals surface area contributed by atoms with Gasteiger partial charge in [0.2, 0.25) is 0 Å². The molecule has 0 saturated carbocycles. The van der Waals surface area contributed by atoms with Gasteiger partial charge in [0, 0.05) is 5.69 Å². The van der Waals surface area contributed by atoms with E-state index in [9.17, 15) is 0 Å². The molecule has 0 aliphatic rings. The number of aromatic nitrogens is 4. The third-order valence-corrected chi connectivity index (χ3v) is 4.94. The molecule has 0 unspecified atom stereocenters. The standard InChI is InChI=1S/C13H15N5OS2/c1-20-13-15-11-3-2-9(6-12(11)21-13)14-7-10-8-18(4-5-19)17-16-10/h2-3,6,8,14,19H,4-5,7H2,1H3. The summed E-state index contributed by atoms with van der Waals surface area (Å²) in [5, 5.41) is 20.2. The van der Waals surface area contributed by atoms with Crippen LogP contribution in [0.3, 0.4) is 0 Å². The SMILES string of the molecule is CSc1nc2ccc(NCc3cn(CCO)nn3)cc2s1. The summed E-state index contributed by atoms with van der Waals surface area (Å²) >= 11 is 3.36. The molecule has 0 saturated heterocycles. The summed E-state index contributed by atoms with van der Waals surface area (Å²) in [5.74, 6) is 0. The van der Waals surface area contributed by atoms with Gasteiger partial charge in [0.1, 0.15) is 5.69 Å². The van der Waals surface area contributed by atoms with E-state index in [1.54, 1.807) is 27.8 Å². The van der Waals surface area contributed by atoms with E-state index in [-0.39, 0.29) is 6.61 Å². The second-order valence-corrected chi connectivity index (χ2v) is 6.50. The number of hydrogen-bond acceptors (Lipinski definition) is 7. The monoisotopic (exact) mass is 321 g/mol. The number of thioether (sulfide) groups is 1. The molecular weight excluding hydrogens is 306 g/mol. The highest BCUT2D eigenvalue weighted by Gasteiger charge is 2.05. The summed E-state index contributed by atoms with van der Waals surface area (Å²) < 4.78 is 3.89. The number of nitrogens with one attached hydrogen (secondary N) is 1. The van der Waals surface area contributed by atoms with Crippen LogP contribution in [0.25, 0.3) is 10.2 Å². The summed E-state index contributed by atoms with van der Waals surface area (Å²) in [4.78, 5) is 4.52. The number of rotatable bonds is 6. The fraction of sp³-hybridized carbons (Fsp3) is 0.308. The van der Waals surface area contributed by atoms with E-state index in [2.05, 4.69) is 26.7 Å². The molecule has 3 rings (SSSR count). The Hall–Kier alpha value is -1.64. The van der Waals surface area contributed by atoms with E-state index >= 15 is 0 Å². The number of benzene rings is 1. The lowest BCUT2D eigenvalue weighted by Gasteiger charge is -2.03. The second-order valence-electron chi connectivity index (χ2n) is 4.42. The predicted octanol–water partition coefficient (Wildman–Crippen LogP) is 2.21. The molecule has 2 aromatic heterocycles. The zero-order valence-electron chi connectivity index (χ0n) is 11.5. The van der Waals surface area contributed by atoms with E-state index < -0.39 is 0 Å². The minimum Gasteiger partial charge on any atom is -0.394 e. The molecule has 0 fully saturated rings. The average Bonchev–Trinajstić information content (AvgIpc) is 3.11. The molecule has 8 heteroatoms. The summed E-state index contributed by atoms with van der Waals surface area (Å²) in [7, 11) is 0. The first-order valence-electron chi connectivity index (χ1n) is 6.47. The van der Waals surface area contributed by atoms with E-state index in [1.165, 1.54) is 4.70 Å². The number of anilines is 1. The predicted molar refractivity (Wildman–Crippen MR) is 85.8 cm³/mol. The Bertz CT molecular complexity index is 739. The van der Waals surface area contributed by atoms with Gasteiger partial charge in [-0.15, -0.1) is 16.4 Å². The first-order chi connectivity index (χ1) is 10.3. The van der Waals surface area contributed by atoms with E-state index in [0.29, 0.717) is 13.1 Å². The average molecular weight is 321 g/mol. The molecule has 0 atom stereocenters. The van der Waals surface area contributed by atoms with Gasteiger partial charge in [-0.05, 0) is 24.5 Å². The summed E-state index contributed by atoms with van der Waals surface area (Å²) in [6.45, 7) is 1.14. The summed E-state index contributed by atoms with van der Waals surface area (Å²) in [6.07, 6.45) is 3.87. The van der Waals surface area contributed by atoms with Crippen molar-refractivity contribution in [1.82, 2.24) is 20.0 Å². The summed E-state index contributed by atoms with van der Waals surface area (Å²) in [5.41, 5.74) is 2.91. The maximum atomic E-state index is 8.85. The Morgan fingerprint density at radius 3 is 3.14 bits per heavy atom. The minimum absolute atomic E-state index is 0.0655. The van der Waals surface area contributed by atoms with Gasteiger partial charge in [0.05, 0.1) is 36.1 Å². The molecule has 110 valence electrons. The van der Waals surface area contributed by atoms with Crippen molar-refractivity contribution < 1.29 is 5.11 Å². The van der Waals surface area contributed by atoms with Crippen molar-refractivity contribution in [3.8, 4) is 0 Å². The number of aliphatic hydroxyl groups is 1. The number of aliphatic hydroxyl groups excluding tert-OH is 1. The lowest BCUT2D eigenvalue weighted by atomic mass is 10.3. The van der Waals surface area contributed by atoms with Crippen LogP contribution in [0.2, 0.25) is 0 Å². The normalized spacial score (nSPS) is 11.1. The van der Waals surface area contributed by atoms with E-state index in [1.807, 2.05) is 24.6 Å². The Labute approximate surface area is 130 Å². The van der Waals surface area contributed by atoms with Crippen molar-refractivity contribution in [3.63, 3.8) is 0 Å². The van der Waals surface area contributed by atoms with Crippen LogP contribution in [0.15, 0.2) is 28.7 Å². The quantitative estimate of drug-likeness (QED) is 0.678. The van der Waals surface area contributed by atoms with E-state index in [0.717, 1.165) is 21.2 Å². The molecule has 2 N–H and O–H groups in total. The lowest BCUT2D eigenvalue weighted by molar-refractivity contribution is 0.268. The van der Waals surface area contributed by atoms with Gasteiger partial charge in [-0.3, -0.25) is 0 Å². The Kier molecular flexibility index (Phi) is 4.37. The number of fused-ring (bicyclic) bond motifs is 1. The van der Waals surface area contributed by atoms with Crippen LogP contribution in [0.5, 0.6) is 0 Å². The van der Waals surface area contributed by atoms with Gasteiger partial charge in [-0.1, -0.05) is 17.0 Å². The largest absolute Gasteiger partial charge is 0.394 e. The fourth-order valence-corrected chi connectivity index (χ4v) is 3.45. The highest BCUT2D eigenvalue weighted by molar-refractivity contribution is 8.00. The Morgan fingerprint density at radius 1 is 1.43 bits per heavy atom. The minimum atomic E-state index is 0.0655. The van der Waals surface area contributed by atoms with Crippen molar-refractivity contribution in [2.75, 3.05) is 18.2 Å². The van der Waals surface area contributed by atoms with Crippen LogP contribution in [0, 0.1) is 0 Å². The molecule has 0 aliphatic heterocycles. The highest BCUT2D eigenvalue weighted by atomic mass is 32.2. The maximum Gasteiger partial charge on any atom is 0.150 e. The smallest absolute Gasteiger partial charge is 0.150 e. The lowest BCUT2D eigenvalue weighted by Crippen LogP contribution is -2.02. The zero-order chi connectivity index (χ0) is 14.7. The van der Waals surface area contributed by atoms with Gasteiger partial charge >= 0.3 is 0 Å². The molecule has 2 heterocycles. The maximum absolute atomic E-state index is 8.85. The van der Waals surface area contributed by atoms with Crippen molar-refractivity contribution in [2.24, 2.45) is 0 Å². The van der Waals surface area contributed by atoms with Gasteiger partial charge < -0.3 is 10.4 Å². The molecule has 0 bridgehead atoms. The van der Waals surface area contributed by atoms with Crippen LogP contribution in [0.1, 0.15) is 5.69 Å². The van der Waals surface area contributed by atoms with Crippen LogP contribution in [0.4, 0.5) is 5.69 Å². The molecule has 3 aromatic rings. The molecule has 6 nitrogen and oxygen atoms in total. The molecule has 1 aromatic carbocycles. The van der Waals surface area contributed by atoms with Crippen molar-refractivity contribution in [3.05, 3.63) is 30.1 Å². The molecule has 0 amide bonds. The van der Waals surface area contributed by atoms with Crippen LogP contribution >= 0.6 is 23.1 Å². The third-order valence-electron chi connectivity index (χ3n) is 2.93. The third kappa shape index (κ3) is 3.34. The number of thiazole rings is 1. The first kappa shape index (κ1) is 14.3. The number of nitrogens with zero attached hydrogens (tertiary/aromatic N) is 4. The molecule has 0 radical (unpaired) electrons. The second kappa shape index (κ2) is 6.42. The molecule has 0 spiro atoms. The van der Waals surface area contributed by atoms with Gasteiger partial charge in [0.15, 0.2) is 4.34 Å². The zero-order valence-corrected chi connectivity index (χ0v) is 13.1. The van der Waals surface area contributed by atoms with Crippen molar-refractivity contribution in [2.45, 2.75) is 17.4 Å². The van der Waals surface area contributed by atoms with Crippen molar-refractivity contribution >= 4 is 39.0 Å². The van der Waals surface area contributed by atoms with Gasteiger partial charge in [-0.2, -0.15) is 0 Å².